The molecule has 1 aliphatic rings. The zero-order valence-corrected chi connectivity index (χ0v) is 12.8. The molecule has 0 saturated carbocycles. The number of amides is 1. The van der Waals surface area contributed by atoms with Crippen molar-refractivity contribution in [1.82, 2.24) is 10.2 Å². The number of halogens is 2. The van der Waals surface area contributed by atoms with Gasteiger partial charge in [0.2, 0.25) is 0 Å². The highest BCUT2D eigenvalue weighted by molar-refractivity contribution is 6.02. The van der Waals surface area contributed by atoms with Gasteiger partial charge in [-0.3, -0.25) is 4.79 Å². The van der Waals surface area contributed by atoms with Crippen molar-refractivity contribution in [2.45, 2.75) is 18.9 Å². The van der Waals surface area contributed by atoms with Gasteiger partial charge in [0, 0.05) is 24.9 Å². The summed E-state index contributed by atoms with van der Waals surface area (Å²) in [5.41, 5.74) is 0.212. The van der Waals surface area contributed by atoms with Crippen LogP contribution in [0.3, 0.4) is 0 Å². The van der Waals surface area contributed by atoms with Gasteiger partial charge >= 0.3 is 0 Å². The van der Waals surface area contributed by atoms with Crippen LogP contribution in [-0.2, 0) is 4.74 Å². The lowest BCUT2D eigenvalue weighted by Crippen LogP contribution is -2.20. The summed E-state index contributed by atoms with van der Waals surface area (Å²) in [6.07, 6.45) is 2.24. The van der Waals surface area contributed by atoms with Crippen LogP contribution in [0.15, 0.2) is 30.3 Å². The number of hydrogen-bond acceptors (Lipinski definition) is 5. The van der Waals surface area contributed by atoms with Crippen LogP contribution in [-0.4, -0.2) is 35.4 Å². The molecular weight excluding hydrogens is 318 g/mol. The van der Waals surface area contributed by atoms with E-state index in [4.69, 9.17) is 4.74 Å². The van der Waals surface area contributed by atoms with E-state index in [1.54, 1.807) is 6.07 Å². The molecule has 1 saturated heterocycles. The Morgan fingerprint density at radius 3 is 2.75 bits per heavy atom. The Morgan fingerprint density at radius 1 is 1.21 bits per heavy atom. The molecule has 0 radical (unpaired) electrons. The van der Waals surface area contributed by atoms with E-state index in [0.717, 1.165) is 31.6 Å². The second-order valence-electron chi connectivity index (χ2n) is 5.40. The molecule has 2 heterocycles. The highest BCUT2D eigenvalue weighted by Gasteiger charge is 2.15. The third kappa shape index (κ3) is 4.02. The molecule has 1 unspecified atom stereocenters. The minimum Gasteiger partial charge on any atom is -0.376 e. The van der Waals surface area contributed by atoms with E-state index in [9.17, 15) is 13.6 Å². The fraction of sp³-hybridized carbons (Fsp3) is 0.312. The number of carbonyl (C=O) groups is 1. The van der Waals surface area contributed by atoms with Crippen LogP contribution in [0.4, 0.5) is 20.3 Å². The van der Waals surface area contributed by atoms with Gasteiger partial charge in [-0.2, -0.15) is 0 Å². The summed E-state index contributed by atoms with van der Waals surface area (Å²) < 4.78 is 31.5. The minimum absolute atomic E-state index is 0.0717. The van der Waals surface area contributed by atoms with Gasteiger partial charge in [0.05, 0.1) is 6.10 Å². The number of aromatic nitrogens is 2. The van der Waals surface area contributed by atoms with E-state index >= 15 is 0 Å². The second kappa shape index (κ2) is 7.31. The summed E-state index contributed by atoms with van der Waals surface area (Å²) >= 11 is 0. The van der Waals surface area contributed by atoms with Gasteiger partial charge in [0.15, 0.2) is 17.3 Å². The molecule has 24 heavy (non-hydrogen) atoms. The number of rotatable bonds is 5. The number of benzene rings is 1. The zero-order chi connectivity index (χ0) is 16.9. The van der Waals surface area contributed by atoms with E-state index in [0.29, 0.717) is 12.4 Å². The lowest BCUT2D eigenvalue weighted by atomic mass is 10.2. The van der Waals surface area contributed by atoms with E-state index < -0.39 is 17.5 Å². The predicted octanol–water partition coefficient (Wildman–Crippen LogP) is 2.60. The molecule has 1 aromatic carbocycles. The molecule has 1 amide bonds. The average molecular weight is 334 g/mol. The summed E-state index contributed by atoms with van der Waals surface area (Å²) in [7, 11) is 0. The Bertz CT molecular complexity index is 719. The highest BCUT2D eigenvalue weighted by Crippen LogP contribution is 2.15. The normalized spacial score (nSPS) is 16.8. The molecule has 2 aromatic rings. The summed E-state index contributed by atoms with van der Waals surface area (Å²) in [4.78, 5) is 12.0. The minimum atomic E-state index is -1.03. The first-order valence-electron chi connectivity index (χ1n) is 7.57. The number of hydrogen-bond donors (Lipinski definition) is 2. The summed E-state index contributed by atoms with van der Waals surface area (Å²) in [5, 5.41) is 13.3. The van der Waals surface area contributed by atoms with Gasteiger partial charge in [-0.25, -0.2) is 8.78 Å². The van der Waals surface area contributed by atoms with Gasteiger partial charge in [0.25, 0.3) is 5.91 Å². The molecule has 0 spiro atoms. The molecule has 6 nitrogen and oxygen atoms in total. The quantitative estimate of drug-likeness (QED) is 0.879. The molecule has 3 rings (SSSR count). The third-order valence-electron chi connectivity index (χ3n) is 3.61. The number of nitrogens with zero attached hydrogens (tertiary/aromatic N) is 2. The maximum atomic E-state index is 13.1. The fourth-order valence-electron chi connectivity index (χ4n) is 2.34. The molecule has 1 aromatic heterocycles. The smallest absolute Gasteiger partial charge is 0.276 e. The second-order valence-corrected chi connectivity index (χ2v) is 5.40. The van der Waals surface area contributed by atoms with Crippen molar-refractivity contribution >= 4 is 17.4 Å². The number of ether oxygens (including phenoxy) is 1. The Hall–Kier alpha value is -2.61. The summed E-state index contributed by atoms with van der Waals surface area (Å²) in [6.45, 7) is 1.41. The van der Waals surface area contributed by atoms with Crippen molar-refractivity contribution in [1.29, 1.82) is 0 Å². The third-order valence-corrected chi connectivity index (χ3v) is 3.61. The average Bonchev–Trinajstić information content (AvgIpc) is 3.10. The Morgan fingerprint density at radius 2 is 2.08 bits per heavy atom. The zero-order valence-electron chi connectivity index (χ0n) is 12.8. The molecule has 0 aliphatic carbocycles. The van der Waals surface area contributed by atoms with E-state index in [1.165, 1.54) is 12.1 Å². The first-order chi connectivity index (χ1) is 11.6. The largest absolute Gasteiger partial charge is 0.376 e. The van der Waals surface area contributed by atoms with Crippen LogP contribution in [0, 0.1) is 11.6 Å². The maximum Gasteiger partial charge on any atom is 0.276 e. The van der Waals surface area contributed by atoms with Crippen molar-refractivity contribution in [3.63, 3.8) is 0 Å². The standard InChI is InChI=1S/C16H16F2N4O2/c17-12-4-3-10(8-13(12)18)20-16(23)14-5-6-15(22-21-14)19-9-11-2-1-7-24-11/h3-6,8,11H,1-2,7,9H2,(H,19,22)(H,20,23). The first-order valence-corrected chi connectivity index (χ1v) is 7.57. The topological polar surface area (TPSA) is 76.1 Å². The Balaban J connectivity index is 1.57. The van der Waals surface area contributed by atoms with Gasteiger partial charge in [-0.15, -0.1) is 10.2 Å². The van der Waals surface area contributed by atoms with Crippen molar-refractivity contribution in [3.8, 4) is 0 Å². The van der Waals surface area contributed by atoms with Gasteiger partial charge in [0.1, 0.15) is 5.82 Å². The molecule has 1 fully saturated rings. The van der Waals surface area contributed by atoms with Gasteiger partial charge < -0.3 is 15.4 Å². The molecule has 1 atom stereocenters. The van der Waals surface area contributed by atoms with Gasteiger partial charge in [-0.1, -0.05) is 0 Å². The van der Waals surface area contributed by atoms with Crippen molar-refractivity contribution < 1.29 is 18.3 Å². The van der Waals surface area contributed by atoms with E-state index in [-0.39, 0.29) is 17.5 Å². The van der Waals surface area contributed by atoms with Crippen molar-refractivity contribution in [2.75, 3.05) is 23.8 Å². The molecule has 8 heteroatoms. The number of nitrogens with one attached hydrogen (secondary N) is 2. The summed E-state index contributed by atoms with van der Waals surface area (Å²) in [6, 6.07) is 6.23. The SMILES string of the molecule is O=C(Nc1ccc(F)c(F)c1)c1ccc(NCC2CCCO2)nn1. The predicted molar refractivity (Wildman–Crippen MR) is 83.8 cm³/mol. The molecule has 1 aliphatic heterocycles. The molecule has 126 valence electrons. The lowest BCUT2D eigenvalue weighted by molar-refractivity contribution is 0.102. The van der Waals surface area contributed by atoms with Crippen LogP contribution in [0.1, 0.15) is 23.3 Å². The van der Waals surface area contributed by atoms with Crippen molar-refractivity contribution in [3.05, 3.63) is 47.7 Å². The van der Waals surface area contributed by atoms with Gasteiger partial charge in [-0.05, 0) is 37.1 Å². The first kappa shape index (κ1) is 16.3. The van der Waals surface area contributed by atoms with E-state index in [1.807, 2.05) is 0 Å². The molecule has 0 bridgehead atoms. The van der Waals surface area contributed by atoms with Crippen LogP contribution in [0.25, 0.3) is 0 Å². The van der Waals surface area contributed by atoms with Crippen LogP contribution in [0.5, 0.6) is 0 Å². The van der Waals surface area contributed by atoms with Crippen molar-refractivity contribution in [2.24, 2.45) is 0 Å². The van der Waals surface area contributed by atoms with E-state index in [2.05, 4.69) is 20.8 Å². The number of anilines is 2. The lowest BCUT2D eigenvalue weighted by Gasteiger charge is -2.11. The Kier molecular flexibility index (Phi) is 4.95. The fourth-order valence-corrected chi connectivity index (χ4v) is 2.34. The molecular formula is C16H16F2N4O2. The number of carbonyl (C=O) groups excluding carboxylic acids is 1. The monoisotopic (exact) mass is 334 g/mol. The molecule has 2 N–H and O–H groups in total. The van der Waals surface area contributed by atoms with Crippen LogP contribution < -0.4 is 10.6 Å². The van der Waals surface area contributed by atoms with Crippen LogP contribution in [0.2, 0.25) is 0 Å². The summed E-state index contributed by atoms with van der Waals surface area (Å²) in [5.74, 6) is -2.03. The Labute approximate surface area is 137 Å². The highest BCUT2D eigenvalue weighted by atomic mass is 19.2. The maximum absolute atomic E-state index is 13.1. The van der Waals surface area contributed by atoms with Crippen LogP contribution >= 0.6 is 0 Å².